The highest BCUT2D eigenvalue weighted by atomic mass is 19.1. The van der Waals surface area contributed by atoms with Gasteiger partial charge in [0.25, 0.3) is 0 Å². The molecule has 0 saturated carbocycles. The van der Waals surface area contributed by atoms with E-state index in [0.717, 1.165) is 22.3 Å². The van der Waals surface area contributed by atoms with Crippen LogP contribution in [-0.2, 0) is 0 Å². The molecule has 1 aromatic heterocycles. The quantitative estimate of drug-likeness (QED) is 0.415. The number of hydrogen-bond donors (Lipinski definition) is 2. The van der Waals surface area contributed by atoms with Crippen molar-refractivity contribution in [3.63, 3.8) is 0 Å². The third-order valence-corrected chi connectivity index (χ3v) is 4.81. The number of halogens is 1. The van der Waals surface area contributed by atoms with Crippen LogP contribution in [0.1, 0.15) is 11.1 Å². The van der Waals surface area contributed by atoms with Crippen LogP contribution in [0.15, 0.2) is 77.5 Å². The molecule has 150 valence electrons. The van der Waals surface area contributed by atoms with Crippen molar-refractivity contribution >= 4 is 17.4 Å². The molecule has 30 heavy (non-hydrogen) atoms. The van der Waals surface area contributed by atoms with Gasteiger partial charge in [-0.3, -0.25) is 0 Å². The number of anilines is 2. The van der Waals surface area contributed by atoms with Gasteiger partial charge in [-0.1, -0.05) is 18.2 Å². The van der Waals surface area contributed by atoms with Crippen molar-refractivity contribution in [3.05, 3.63) is 90.1 Å². The molecule has 0 aliphatic carbocycles. The number of oxazole rings is 1. The Morgan fingerprint density at radius 1 is 0.900 bits per heavy atom. The van der Waals surface area contributed by atoms with Gasteiger partial charge in [-0.25, -0.2) is 14.2 Å². The zero-order chi connectivity index (χ0) is 21.1. The summed E-state index contributed by atoms with van der Waals surface area (Å²) in [5.41, 5.74) is 5.96. The zero-order valence-corrected chi connectivity index (χ0v) is 16.6. The SMILES string of the molecule is Cc1cc(F)ccc1NC(=O)Nc1ccc(-c2cc(-c3ncco3)ccc2C)cc1. The summed E-state index contributed by atoms with van der Waals surface area (Å²) in [7, 11) is 0. The lowest BCUT2D eigenvalue weighted by molar-refractivity contribution is 0.262. The highest BCUT2D eigenvalue weighted by Crippen LogP contribution is 2.29. The van der Waals surface area contributed by atoms with E-state index in [0.29, 0.717) is 22.8 Å². The Bertz CT molecular complexity index is 1190. The lowest BCUT2D eigenvalue weighted by atomic mass is 9.98. The van der Waals surface area contributed by atoms with E-state index in [-0.39, 0.29) is 11.8 Å². The minimum absolute atomic E-state index is 0.337. The third kappa shape index (κ3) is 4.22. The molecule has 0 fully saturated rings. The molecule has 0 saturated heterocycles. The van der Waals surface area contributed by atoms with E-state index in [1.54, 1.807) is 19.4 Å². The highest BCUT2D eigenvalue weighted by molar-refractivity contribution is 6.00. The van der Waals surface area contributed by atoms with Crippen LogP contribution in [0.4, 0.5) is 20.6 Å². The maximum atomic E-state index is 13.2. The van der Waals surface area contributed by atoms with Crippen LogP contribution in [0.25, 0.3) is 22.6 Å². The Morgan fingerprint density at radius 2 is 1.67 bits per heavy atom. The number of nitrogens with zero attached hydrogens (tertiary/aromatic N) is 1. The highest BCUT2D eigenvalue weighted by Gasteiger charge is 2.09. The first-order valence-corrected chi connectivity index (χ1v) is 9.45. The van der Waals surface area contributed by atoms with E-state index in [4.69, 9.17) is 4.42 Å². The molecule has 2 N–H and O–H groups in total. The van der Waals surface area contributed by atoms with Gasteiger partial charge >= 0.3 is 6.03 Å². The van der Waals surface area contributed by atoms with Gasteiger partial charge in [0, 0.05) is 16.9 Å². The number of hydrogen-bond acceptors (Lipinski definition) is 3. The Morgan fingerprint density at radius 3 is 2.37 bits per heavy atom. The van der Waals surface area contributed by atoms with E-state index in [9.17, 15) is 9.18 Å². The molecule has 2 amide bonds. The summed E-state index contributed by atoms with van der Waals surface area (Å²) in [4.78, 5) is 16.5. The Hall–Kier alpha value is -3.93. The van der Waals surface area contributed by atoms with Gasteiger partial charge in [-0.05, 0) is 78.6 Å². The van der Waals surface area contributed by atoms with E-state index < -0.39 is 0 Å². The summed E-state index contributed by atoms with van der Waals surface area (Å²) < 4.78 is 18.6. The predicted molar refractivity (Wildman–Crippen MR) is 116 cm³/mol. The fraction of sp³-hybridized carbons (Fsp3) is 0.0833. The molecule has 0 atom stereocenters. The number of amides is 2. The van der Waals surface area contributed by atoms with Crippen LogP contribution >= 0.6 is 0 Å². The average molecular weight is 401 g/mol. The van der Waals surface area contributed by atoms with Crippen molar-refractivity contribution in [2.24, 2.45) is 0 Å². The molecule has 4 rings (SSSR count). The molecule has 0 aliphatic rings. The first-order valence-electron chi connectivity index (χ1n) is 9.45. The van der Waals surface area contributed by atoms with Gasteiger partial charge in [-0.2, -0.15) is 0 Å². The summed E-state index contributed by atoms with van der Waals surface area (Å²) in [5.74, 6) is 0.235. The molecule has 0 aliphatic heterocycles. The third-order valence-electron chi connectivity index (χ3n) is 4.81. The van der Waals surface area contributed by atoms with Crippen LogP contribution in [0.5, 0.6) is 0 Å². The molecule has 0 bridgehead atoms. The minimum Gasteiger partial charge on any atom is -0.445 e. The maximum absolute atomic E-state index is 13.2. The summed E-state index contributed by atoms with van der Waals surface area (Å²) in [6.07, 6.45) is 3.17. The van der Waals surface area contributed by atoms with Gasteiger partial charge in [0.05, 0.1) is 6.20 Å². The van der Waals surface area contributed by atoms with Crippen molar-refractivity contribution in [1.82, 2.24) is 4.98 Å². The largest absolute Gasteiger partial charge is 0.445 e. The molecule has 0 unspecified atom stereocenters. The van der Waals surface area contributed by atoms with Crippen molar-refractivity contribution in [1.29, 1.82) is 0 Å². The van der Waals surface area contributed by atoms with Crippen molar-refractivity contribution in [2.75, 3.05) is 10.6 Å². The minimum atomic E-state index is -0.389. The van der Waals surface area contributed by atoms with Crippen LogP contribution in [0, 0.1) is 19.7 Å². The normalized spacial score (nSPS) is 10.6. The first-order chi connectivity index (χ1) is 14.5. The number of rotatable bonds is 4. The van der Waals surface area contributed by atoms with Gasteiger partial charge in [-0.15, -0.1) is 0 Å². The second kappa shape index (κ2) is 8.21. The van der Waals surface area contributed by atoms with Crippen molar-refractivity contribution < 1.29 is 13.6 Å². The number of urea groups is 1. The topological polar surface area (TPSA) is 67.2 Å². The fourth-order valence-electron chi connectivity index (χ4n) is 3.22. The number of carbonyl (C=O) groups excluding carboxylic acids is 1. The van der Waals surface area contributed by atoms with E-state index >= 15 is 0 Å². The fourth-order valence-corrected chi connectivity index (χ4v) is 3.22. The Balaban J connectivity index is 1.49. The summed E-state index contributed by atoms with van der Waals surface area (Å²) in [6.45, 7) is 3.78. The summed E-state index contributed by atoms with van der Waals surface area (Å²) in [5, 5.41) is 5.52. The Kier molecular flexibility index (Phi) is 5.30. The van der Waals surface area contributed by atoms with Crippen molar-refractivity contribution in [3.8, 4) is 22.6 Å². The molecule has 0 spiro atoms. The molecule has 4 aromatic rings. The number of aryl methyl sites for hydroxylation is 2. The standard InChI is InChI=1S/C24H20FN3O2/c1-15-3-4-18(23-26-11-12-30-23)14-21(15)17-5-8-20(9-6-17)27-24(29)28-22-10-7-19(25)13-16(22)2/h3-14H,1-2H3,(H2,27,28,29). The number of benzene rings is 3. The van der Waals surface area contributed by atoms with Crippen LogP contribution in [0.2, 0.25) is 0 Å². The lowest BCUT2D eigenvalue weighted by Crippen LogP contribution is -2.19. The number of aromatic nitrogens is 1. The monoisotopic (exact) mass is 401 g/mol. The Labute approximate surface area is 173 Å². The van der Waals surface area contributed by atoms with Gasteiger partial charge in [0.2, 0.25) is 5.89 Å². The molecular formula is C24H20FN3O2. The summed E-state index contributed by atoms with van der Waals surface area (Å²) >= 11 is 0. The maximum Gasteiger partial charge on any atom is 0.323 e. The second-order valence-electron chi connectivity index (χ2n) is 6.98. The van der Waals surface area contributed by atoms with Crippen molar-refractivity contribution in [2.45, 2.75) is 13.8 Å². The average Bonchev–Trinajstić information content (AvgIpc) is 3.26. The number of nitrogens with one attached hydrogen (secondary N) is 2. The molecule has 0 radical (unpaired) electrons. The van der Waals surface area contributed by atoms with E-state index in [1.165, 1.54) is 18.2 Å². The molecule has 3 aromatic carbocycles. The first kappa shape index (κ1) is 19.4. The molecule has 6 heteroatoms. The van der Waals surface area contributed by atoms with Crippen LogP contribution in [-0.4, -0.2) is 11.0 Å². The molecule has 1 heterocycles. The van der Waals surface area contributed by atoms with Crippen LogP contribution in [0.3, 0.4) is 0 Å². The molecule has 5 nitrogen and oxygen atoms in total. The zero-order valence-electron chi connectivity index (χ0n) is 16.6. The lowest BCUT2D eigenvalue weighted by Gasteiger charge is -2.11. The van der Waals surface area contributed by atoms with E-state index in [1.807, 2.05) is 49.4 Å². The molecular weight excluding hydrogens is 381 g/mol. The smallest absolute Gasteiger partial charge is 0.323 e. The summed E-state index contributed by atoms with van der Waals surface area (Å²) in [6, 6.07) is 17.4. The number of carbonyl (C=O) groups is 1. The second-order valence-corrected chi connectivity index (χ2v) is 6.98. The van der Waals surface area contributed by atoms with Crippen LogP contribution < -0.4 is 10.6 Å². The van der Waals surface area contributed by atoms with Gasteiger partial charge in [0.1, 0.15) is 12.1 Å². The van der Waals surface area contributed by atoms with Gasteiger partial charge in [0.15, 0.2) is 0 Å². The predicted octanol–water partition coefficient (Wildman–Crippen LogP) is 6.41. The van der Waals surface area contributed by atoms with Gasteiger partial charge < -0.3 is 15.1 Å². The van der Waals surface area contributed by atoms with E-state index in [2.05, 4.69) is 15.6 Å².